The number of alkyl halides is 3. The zero-order valence-electron chi connectivity index (χ0n) is 29.7. The average Bonchev–Trinajstić information content (AvgIpc) is 3.11. The summed E-state index contributed by atoms with van der Waals surface area (Å²) < 4.78 is 43.0. The monoisotopic (exact) mass is 696 g/mol. The summed E-state index contributed by atoms with van der Waals surface area (Å²) in [5.41, 5.74) is 2.38. The quantitative estimate of drug-likeness (QED) is 0.0961. The van der Waals surface area contributed by atoms with E-state index in [4.69, 9.17) is 24.6 Å². The first-order valence-corrected chi connectivity index (χ1v) is 16.0. The Hall–Kier alpha value is -4.45. The van der Waals surface area contributed by atoms with Crippen LogP contribution in [-0.4, -0.2) is 55.6 Å². The standard InChI is InChI=1S/C18H23NO3.C10H14O.C6H14.C2F3NO2.CH4O/c1-4-5-6-7-15(2)14-19-18(20)12-13-22-17-10-8-16(21-3)9-11-17;1-2-3-4-9-5-7-10(11)8-6-9;1-3-5-6-4-2;3-2(4,5)1(7)6-8;1-2/h4-11H,1,12-14H2,2-3H3,(H,19,20);5-8,11H,2-4H2,1H3;3-6H2,1-2H3;;2H,1H3/b6-5-,15-7+;;;;. The Kier molecular flexibility index (Phi) is 33.4. The van der Waals surface area contributed by atoms with Crippen LogP contribution in [0.2, 0.25) is 0 Å². The second kappa shape index (κ2) is 33.5. The first-order chi connectivity index (χ1) is 23.4. The van der Waals surface area contributed by atoms with Gasteiger partial charge in [-0.15, -0.1) is 4.91 Å². The molecule has 0 unspecified atom stereocenters. The average molecular weight is 697 g/mol. The van der Waals surface area contributed by atoms with Gasteiger partial charge in [0.05, 0.1) is 20.1 Å². The van der Waals surface area contributed by atoms with Crippen LogP contribution in [-0.2, 0) is 16.0 Å². The van der Waals surface area contributed by atoms with E-state index in [-0.39, 0.29) is 5.91 Å². The number of hydrogen-bond acceptors (Lipinski definition) is 7. The van der Waals surface area contributed by atoms with Crippen molar-refractivity contribution in [3.05, 3.63) is 95.5 Å². The van der Waals surface area contributed by atoms with Gasteiger partial charge in [0.2, 0.25) is 5.91 Å². The van der Waals surface area contributed by atoms with E-state index in [2.05, 4.69) is 32.7 Å². The zero-order chi connectivity index (χ0) is 37.9. The Morgan fingerprint density at radius 1 is 0.898 bits per heavy atom. The summed E-state index contributed by atoms with van der Waals surface area (Å²) in [6, 6.07) is 14.7. The van der Waals surface area contributed by atoms with Gasteiger partial charge in [-0.3, -0.25) is 9.59 Å². The van der Waals surface area contributed by atoms with E-state index in [0.29, 0.717) is 25.3 Å². The number of nitrogens with zero attached hydrogens (tertiary/aromatic N) is 1. The lowest BCUT2D eigenvalue weighted by Crippen LogP contribution is -2.26. The fraction of sp³-hybridized carbons (Fsp3) is 0.459. The minimum Gasteiger partial charge on any atom is -0.508 e. The van der Waals surface area contributed by atoms with Gasteiger partial charge in [0, 0.05) is 18.8 Å². The number of benzene rings is 2. The van der Waals surface area contributed by atoms with Gasteiger partial charge in [-0.1, -0.05) is 101 Å². The first-order valence-electron chi connectivity index (χ1n) is 16.0. The molecule has 0 radical (unpaired) electrons. The molecule has 2 amide bonds. The molecule has 0 saturated heterocycles. The highest BCUT2D eigenvalue weighted by Crippen LogP contribution is 2.17. The molecule has 0 aliphatic rings. The van der Waals surface area contributed by atoms with E-state index in [9.17, 15) is 22.8 Å². The van der Waals surface area contributed by atoms with Crippen molar-refractivity contribution in [2.24, 2.45) is 5.18 Å². The Labute approximate surface area is 289 Å². The van der Waals surface area contributed by atoms with E-state index in [0.717, 1.165) is 35.8 Å². The van der Waals surface area contributed by atoms with Crippen molar-refractivity contribution >= 4 is 11.8 Å². The largest absolute Gasteiger partial charge is 0.508 e. The van der Waals surface area contributed by atoms with E-state index in [1.807, 2.05) is 61.5 Å². The van der Waals surface area contributed by atoms with Gasteiger partial charge in [-0.05, 0) is 61.7 Å². The van der Waals surface area contributed by atoms with Gasteiger partial charge in [0.25, 0.3) is 0 Å². The minimum atomic E-state index is -5.11. The van der Waals surface area contributed by atoms with Crippen LogP contribution in [0.3, 0.4) is 0 Å². The van der Waals surface area contributed by atoms with Crippen LogP contribution in [0.5, 0.6) is 17.2 Å². The van der Waals surface area contributed by atoms with Gasteiger partial charge in [-0.25, -0.2) is 0 Å². The highest BCUT2D eigenvalue weighted by molar-refractivity contribution is 5.82. The molecule has 0 spiro atoms. The van der Waals surface area contributed by atoms with E-state index >= 15 is 0 Å². The normalized spacial score (nSPS) is 10.3. The van der Waals surface area contributed by atoms with Crippen molar-refractivity contribution in [1.29, 1.82) is 0 Å². The van der Waals surface area contributed by atoms with Crippen molar-refractivity contribution in [2.75, 3.05) is 27.4 Å². The lowest BCUT2D eigenvalue weighted by atomic mass is 10.1. The van der Waals surface area contributed by atoms with Crippen LogP contribution in [0.4, 0.5) is 13.2 Å². The third kappa shape index (κ3) is 31.9. The summed E-state index contributed by atoms with van der Waals surface area (Å²) in [5, 5.41) is 20.0. The number of aliphatic hydroxyl groups excluding tert-OH is 1. The number of nitrogens with one attached hydrogen (secondary N) is 1. The summed E-state index contributed by atoms with van der Waals surface area (Å²) in [4.78, 5) is 29.8. The number of aliphatic hydroxyl groups is 1. The number of hydrogen-bond donors (Lipinski definition) is 3. The molecular formula is C37H55F3N2O7. The zero-order valence-corrected chi connectivity index (χ0v) is 29.7. The van der Waals surface area contributed by atoms with Crippen molar-refractivity contribution in [3.63, 3.8) is 0 Å². The molecule has 49 heavy (non-hydrogen) atoms. The maximum atomic E-state index is 11.7. The van der Waals surface area contributed by atoms with Crippen LogP contribution >= 0.6 is 0 Å². The number of unbranched alkanes of at least 4 members (excludes halogenated alkanes) is 4. The molecule has 0 atom stereocenters. The van der Waals surface area contributed by atoms with E-state index in [1.165, 1.54) is 44.1 Å². The molecule has 0 aliphatic heterocycles. The number of phenols is 1. The fourth-order valence-corrected chi connectivity index (χ4v) is 3.21. The summed E-state index contributed by atoms with van der Waals surface area (Å²) in [7, 11) is 2.61. The van der Waals surface area contributed by atoms with Gasteiger partial charge >= 0.3 is 12.1 Å². The van der Waals surface area contributed by atoms with E-state index < -0.39 is 12.1 Å². The van der Waals surface area contributed by atoms with Crippen LogP contribution < -0.4 is 14.8 Å². The smallest absolute Gasteiger partial charge is 0.476 e. The number of amides is 2. The number of allylic oxidation sites excluding steroid dienone is 4. The van der Waals surface area contributed by atoms with Crippen LogP contribution in [0.15, 0.2) is 90.2 Å². The molecule has 3 N–H and O–H groups in total. The van der Waals surface area contributed by atoms with Crippen LogP contribution in [0.1, 0.15) is 78.2 Å². The number of aryl methyl sites for hydroxylation is 1. The first kappa shape index (κ1) is 48.9. The second-order valence-electron chi connectivity index (χ2n) is 10.1. The predicted molar refractivity (Wildman–Crippen MR) is 191 cm³/mol. The Morgan fingerprint density at radius 2 is 1.43 bits per heavy atom. The van der Waals surface area contributed by atoms with Gasteiger partial charge < -0.3 is 25.0 Å². The summed E-state index contributed by atoms with van der Waals surface area (Å²) >= 11 is 0. The summed E-state index contributed by atoms with van der Waals surface area (Å²) in [6.45, 7) is 13.1. The highest BCUT2D eigenvalue weighted by Gasteiger charge is 2.39. The maximum absolute atomic E-state index is 11.7. The molecule has 0 saturated carbocycles. The molecule has 0 heterocycles. The molecule has 2 aromatic carbocycles. The van der Waals surface area contributed by atoms with Crippen LogP contribution in [0, 0.1) is 4.91 Å². The Balaban J connectivity index is -0.000000650. The Morgan fingerprint density at radius 3 is 1.86 bits per heavy atom. The SMILES string of the molecule is C=C/C=C\C=C(/C)CNC(=O)CCOc1ccc(OC)cc1.CCCCCC.CCCCc1ccc(O)cc1.CO.O=NC(=O)C(F)(F)F. The van der Waals surface area contributed by atoms with Gasteiger partial charge in [0.1, 0.15) is 17.2 Å². The number of ether oxygens (including phenoxy) is 2. The lowest BCUT2D eigenvalue weighted by Gasteiger charge is -2.08. The molecule has 0 aromatic heterocycles. The number of phenolic OH excluding ortho intramolecular Hbond substituents is 1. The number of nitroso groups, excluding NO2 is 1. The second-order valence-corrected chi connectivity index (χ2v) is 10.1. The van der Waals surface area contributed by atoms with Crippen molar-refractivity contribution in [2.45, 2.75) is 85.2 Å². The molecule has 0 fully saturated rings. The Bertz CT molecular complexity index is 1180. The molecule has 12 heteroatoms. The molecule has 0 bridgehead atoms. The van der Waals surface area contributed by atoms with Crippen molar-refractivity contribution in [3.8, 4) is 17.2 Å². The van der Waals surface area contributed by atoms with E-state index in [1.54, 1.807) is 25.3 Å². The van der Waals surface area contributed by atoms with Crippen molar-refractivity contribution in [1.82, 2.24) is 5.32 Å². The molecule has 2 aromatic rings. The number of carbonyl (C=O) groups excluding carboxylic acids is 2. The maximum Gasteiger partial charge on any atom is 0.476 e. The summed E-state index contributed by atoms with van der Waals surface area (Å²) in [6.07, 6.45) is 11.7. The van der Waals surface area contributed by atoms with Gasteiger partial charge in [0.15, 0.2) is 0 Å². The molecular weight excluding hydrogens is 641 g/mol. The minimum absolute atomic E-state index is 0.0334. The molecule has 276 valence electrons. The molecule has 9 nitrogen and oxygen atoms in total. The lowest BCUT2D eigenvalue weighted by molar-refractivity contribution is -0.169. The molecule has 2 rings (SSSR count). The number of methoxy groups -OCH3 is 1. The fourth-order valence-electron chi connectivity index (χ4n) is 3.21. The van der Waals surface area contributed by atoms with Gasteiger partial charge in [-0.2, -0.15) is 13.2 Å². The highest BCUT2D eigenvalue weighted by atomic mass is 19.4. The predicted octanol–water partition coefficient (Wildman–Crippen LogP) is 9.04. The number of carbonyl (C=O) groups is 2. The summed E-state index contributed by atoms with van der Waals surface area (Å²) in [5.74, 6) is -0.784. The third-order valence-corrected chi connectivity index (χ3v) is 5.89. The number of halogens is 3. The number of rotatable bonds is 15. The van der Waals surface area contributed by atoms with Crippen molar-refractivity contribution < 1.29 is 42.4 Å². The topological polar surface area (TPSA) is 135 Å². The number of aromatic hydroxyl groups is 1. The molecule has 0 aliphatic carbocycles. The van der Waals surface area contributed by atoms with Crippen LogP contribution in [0.25, 0.3) is 0 Å². The third-order valence-electron chi connectivity index (χ3n) is 5.89.